The van der Waals surface area contributed by atoms with E-state index in [1.807, 2.05) is 30.3 Å². The molecule has 1 aromatic carbocycles. The third kappa shape index (κ3) is 2.41. The van der Waals surface area contributed by atoms with Crippen molar-refractivity contribution in [3.8, 4) is 11.3 Å². The Balaban J connectivity index is 1.53. The summed E-state index contributed by atoms with van der Waals surface area (Å²) in [5, 5.41) is 3.16. The fourth-order valence-corrected chi connectivity index (χ4v) is 3.57. The summed E-state index contributed by atoms with van der Waals surface area (Å²) in [5.74, 6) is 1.01. The maximum absolute atomic E-state index is 12.6. The molecule has 0 unspecified atom stereocenters. The Labute approximate surface area is 129 Å². The molecule has 114 valence electrons. The molecule has 3 aliphatic rings. The number of nitrogens with zero attached hydrogens (tertiary/aromatic N) is 2. The Morgan fingerprint density at radius 3 is 2.68 bits per heavy atom. The number of amides is 1. The smallest absolute Gasteiger partial charge is 0.274 e. The molecule has 0 aliphatic carbocycles. The van der Waals surface area contributed by atoms with Gasteiger partial charge in [0.25, 0.3) is 5.91 Å². The van der Waals surface area contributed by atoms with Gasteiger partial charge in [-0.25, -0.2) is 4.98 Å². The topological polar surface area (TPSA) is 58.4 Å². The number of carbonyl (C=O) groups excluding carboxylic acids is 1. The van der Waals surface area contributed by atoms with Crippen LogP contribution >= 0.6 is 0 Å². The van der Waals surface area contributed by atoms with Gasteiger partial charge in [0, 0.05) is 18.2 Å². The molecule has 1 amide bonds. The van der Waals surface area contributed by atoms with Crippen molar-refractivity contribution in [2.75, 3.05) is 19.6 Å². The molecule has 3 saturated heterocycles. The summed E-state index contributed by atoms with van der Waals surface area (Å²) in [6.45, 7) is 3.28. The molecular formula is C17H19N3O2. The van der Waals surface area contributed by atoms with E-state index in [0.29, 0.717) is 17.4 Å². The van der Waals surface area contributed by atoms with Gasteiger partial charge < -0.3 is 14.6 Å². The molecule has 1 N–H and O–H groups in total. The van der Waals surface area contributed by atoms with Crippen LogP contribution in [0, 0.1) is 5.92 Å². The lowest BCUT2D eigenvalue weighted by molar-refractivity contribution is 0.0618. The average Bonchev–Trinajstić information content (AvgIpc) is 3.06. The third-order valence-electron chi connectivity index (χ3n) is 4.79. The van der Waals surface area contributed by atoms with Gasteiger partial charge >= 0.3 is 0 Å². The summed E-state index contributed by atoms with van der Waals surface area (Å²) in [6.07, 6.45) is 3.69. The highest BCUT2D eigenvalue weighted by Gasteiger charge is 2.35. The van der Waals surface area contributed by atoms with Gasteiger partial charge in [0.1, 0.15) is 0 Å². The molecule has 0 spiro atoms. The minimum Gasteiger partial charge on any atom is -0.443 e. The van der Waals surface area contributed by atoms with Crippen molar-refractivity contribution < 1.29 is 9.21 Å². The number of rotatable bonds is 3. The lowest BCUT2D eigenvalue weighted by atomic mass is 9.84. The first-order valence-corrected chi connectivity index (χ1v) is 7.83. The van der Waals surface area contributed by atoms with Gasteiger partial charge in [-0.2, -0.15) is 0 Å². The largest absolute Gasteiger partial charge is 0.443 e. The number of hydrogen-bond acceptors (Lipinski definition) is 4. The highest BCUT2D eigenvalue weighted by Crippen LogP contribution is 2.28. The zero-order valence-electron chi connectivity index (χ0n) is 12.4. The minimum atomic E-state index is -0.133. The quantitative estimate of drug-likeness (QED) is 0.943. The Hall–Kier alpha value is -2.14. The molecule has 3 fully saturated rings. The maximum atomic E-state index is 12.6. The fourth-order valence-electron chi connectivity index (χ4n) is 3.57. The molecule has 2 bridgehead atoms. The van der Waals surface area contributed by atoms with E-state index in [2.05, 4.69) is 15.2 Å². The molecular weight excluding hydrogens is 278 g/mol. The van der Waals surface area contributed by atoms with Crippen molar-refractivity contribution in [3.05, 3.63) is 42.4 Å². The van der Waals surface area contributed by atoms with Crippen LogP contribution < -0.4 is 5.32 Å². The molecule has 1 aromatic heterocycles. The van der Waals surface area contributed by atoms with E-state index >= 15 is 0 Å². The second kappa shape index (κ2) is 5.57. The van der Waals surface area contributed by atoms with Gasteiger partial charge in [-0.1, -0.05) is 30.3 Å². The average molecular weight is 297 g/mol. The van der Waals surface area contributed by atoms with E-state index in [-0.39, 0.29) is 11.9 Å². The molecule has 2 aromatic rings. The van der Waals surface area contributed by atoms with Crippen LogP contribution in [0.15, 0.2) is 41.1 Å². The number of oxazole rings is 1. The zero-order valence-corrected chi connectivity index (χ0v) is 12.4. The number of hydrogen-bond donors (Lipinski definition) is 1. The van der Waals surface area contributed by atoms with E-state index in [4.69, 9.17) is 4.42 Å². The molecule has 22 heavy (non-hydrogen) atoms. The number of fused-ring (bicyclic) bond motifs is 3. The molecule has 0 radical (unpaired) electrons. The highest BCUT2D eigenvalue weighted by atomic mass is 16.3. The summed E-state index contributed by atoms with van der Waals surface area (Å²) < 4.78 is 5.44. The van der Waals surface area contributed by atoms with E-state index < -0.39 is 0 Å². The lowest BCUT2D eigenvalue weighted by Gasteiger charge is -2.44. The van der Waals surface area contributed by atoms with Crippen LogP contribution in [0.5, 0.6) is 0 Å². The van der Waals surface area contributed by atoms with Crippen molar-refractivity contribution in [3.63, 3.8) is 0 Å². The Morgan fingerprint density at radius 1 is 1.23 bits per heavy atom. The van der Waals surface area contributed by atoms with Crippen molar-refractivity contribution in [2.45, 2.75) is 18.9 Å². The van der Waals surface area contributed by atoms with Crippen molar-refractivity contribution in [1.29, 1.82) is 0 Å². The summed E-state index contributed by atoms with van der Waals surface area (Å²) in [5.41, 5.74) is 1.25. The molecule has 4 heterocycles. The third-order valence-corrected chi connectivity index (χ3v) is 4.79. The number of carbonyl (C=O) groups is 1. The second-order valence-electron chi connectivity index (χ2n) is 6.11. The zero-order chi connectivity index (χ0) is 14.9. The van der Waals surface area contributed by atoms with Gasteiger partial charge in [-0.3, -0.25) is 4.79 Å². The van der Waals surface area contributed by atoms with E-state index in [1.54, 1.807) is 0 Å². The van der Waals surface area contributed by atoms with Crippen LogP contribution in [0.3, 0.4) is 0 Å². The van der Waals surface area contributed by atoms with Crippen LogP contribution in [0.25, 0.3) is 11.3 Å². The van der Waals surface area contributed by atoms with Gasteiger partial charge in [0.05, 0.1) is 0 Å². The van der Waals surface area contributed by atoms with E-state index in [9.17, 15) is 4.79 Å². The first-order chi connectivity index (χ1) is 10.8. The standard InChI is InChI=1S/C17H19N3O2/c21-17(19-14-10-20-8-6-12(14)7-9-20)15-16(22-11-18-15)13-4-2-1-3-5-13/h1-5,11-12,14H,6-10H2,(H,19,21)/t14-/m1/s1. The molecule has 5 heteroatoms. The van der Waals surface area contributed by atoms with Gasteiger partial charge in [-0.05, 0) is 31.8 Å². The van der Waals surface area contributed by atoms with Gasteiger partial charge in [0.2, 0.25) is 0 Å². The summed E-state index contributed by atoms with van der Waals surface area (Å²) in [4.78, 5) is 19.1. The van der Waals surface area contributed by atoms with Crippen LogP contribution in [0.4, 0.5) is 0 Å². The number of piperidine rings is 3. The first kappa shape index (κ1) is 13.5. The summed E-state index contributed by atoms with van der Waals surface area (Å²) in [6, 6.07) is 9.86. The van der Waals surface area contributed by atoms with Crippen LogP contribution in [0.2, 0.25) is 0 Å². The molecule has 0 saturated carbocycles. The summed E-state index contributed by atoms with van der Waals surface area (Å²) >= 11 is 0. The highest BCUT2D eigenvalue weighted by molar-refractivity contribution is 5.97. The van der Waals surface area contributed by atoms with Crippen molar-refractivity contribution >= 4 is 5.91 Å². The van der Waals surface area contributed by atoms with E-state index in [0.717, 1.165) is 25.2 Å². The van der Waals surface area contributed by atoms with Gasteiger partial charge in [-0.15, -0.1) is 0 Å². The van der Waals surface area contributed by atoms with Crippen molar-refractivity contribution in [2.24, 2.45) is 5.92 Å². The molecule has 5 nitrogen and oxygen atoms in total. The predicted molar refractivity (Wildman–Crippen MR) is 82.4 cm³/mol. The monoisotopic (exact) mass is 297 g/mol. The van der Waals surface area contributed by atoms with Crippen LogP contribution in [0.1, 0.15) is 23.3 Å². The summed E-state index contributed by atoms with van der Waals surface area (Å²) in [7, 11) is 0. The number of benzene rings is 1. The Bertz CT molecular complexity index is 660. The molecule has 3 aliphatic heterocycles. The Morgan fingerprint density at radius 2 is 2.00 bits per heavy atom. The number of nitrogens with one attached hydrogen (secondary N) is 1. The lowest BCUT2D eigenvalue weighted by Crippen LogP contribution is -2.57. The fraction of sp³-hybridized carbons (Fsp3) is 0.412. The SMILES string of the molecule is O=C(N[C@@H]1CN2CCC1CC2)c1ncoc1-c1ccccc1. The second-order valence-corrected chi connectivity index (χ2v) is 6.11. The van der Waals surface area contributed by atoms with Crippen LogP contribution in [-0.4, -0.2) is 41.5 Å². The minimum absolute atomic E-state index is 0.133. The molecule has 5 rings (SSSR count). The predicted octanol–water partition coefficient (Wildman–Crippen LogP) is 2.17. The van der Waals surface area contributed by atoms with Gasteiger partial charge in [0.15, 0.2) is 17.8 Å². The maximum Gasteiger partial charge on any atom is 0.274 e. The van der Waals surface area contributed by atoms with Crippen LogP contribution in [-0.2, 0) is 0 Å². The number of aromatic nitrogens is 1. The first-order valence-electron chi connectivity index (χ1n) is 7.83. The van der Waals surface area contributed by atoms with E-state index in [1.165, 1.54) is 19.2 Å². The Kier molecular flexibility index (Phi) is 3.42. The normalized spacial score (nSPS) is 26.8. The van der Waals surface area contributed by atoms with Crippen molar-refractivity contribution in [1.82, 2.24) is 15.2 Å². The molecule has 1 atom stereocenters.